The van der Waals surface area contributed by atoms with E-state index in [1.807, 2.05) is 12.1 Å². The topological polar surface area (TPSA) is 49.7 Å². The van der Waals surface area contributed by atoms with Gasteiger partial charge in [0, 0.05) is 0 Å². The predicted molar refractivity (Wildman–Crippen MR) is 127 cm³/mol. The average molecular weight is 385 g/mol. The average Bonchev–Trinajstić information content (AvgIpc) is 2.77. The zero-order valence-corrected chi connectivity index (χ0v) is 16.0. The molecule has 0 aliphatic rings. The summed E-state index contributed by atoms with van der Waals surface area (Å²) in [5, 5.41) is 24.2. The van der Waals surface area contributed by atoms with E-state index in [1.54, 1.807) is 6.07 Å². The molecule has 0 aliphatic carbocycles. The third-order valence-electron chi connectivity index (χ3n) is 5.99. The van der Waals surface area contributed by atoms with Crippen LogP contribution in [0.3, 0.4) is 0 Å². The van der Waals surface area contributed by atoms with Crippen LogP contribution in [0.5, 0.6) is 0 Å². The Morgan fingerprint density at radius 1 is 0.500 bits per heavy atom. The maximum atomic E-state index is 10.7. The van der Waals surface area contributed by atoms with E-state index in [1.165, 1.54) is 32.3 Å². The summed E-state index contributed by atoms with van der Waals surface area (Å²) >= 11 is 0. The molecule has 0 aromatic heterocycles. The molecule has 0 saturated carbocycles. The van der Waals surface area contributed by atoms with Gasteiger partial charge in [0.25, 0.3) is 0 Å². The molecule has 0 aliphatic heterocycles. The Morgan fingerprint density at radius 2 is 0.867 bits per heavy atom. The lowest BCUT2D eigenvalue weighted by atomic mass is 9.75. The predicted octanol–water partition coefficient (Wildman–Crippen LogP) is 5.91. The number of hydrogen-bond acceptors (Lipinski definition) is 3. The second kappa shape index (κ2) is 6.38. The lowest BCUT2D eigenvalue weighted by molar-refractivity contribution is 0.587. The Bertz CT molecular complexity index is 1640. The zero-order chi connectivity index (χ0) is 20.2. The minimum atomic E-state index is -1.33. The molecule has 3 nitrogen and oxygen atoms in total. The number of hydrogen-bond donors (Lipinski definition) is 1. The van der Waals surface area contributed by atoms with Crippen molar-refractivity contribution in [2.45, 2.75) is 0 Å². The first-order chi connectivity index (χ1) is 14.7. The van der Waals surface area contributed by atoms with Gasteiger partial charge >= 0.3 is 7.05 Å². The van der Waals surface area contributed by atoms with Crippen molar-refractivity contribution in [3.8, 4) is 0 Å². The molecule has 0 unspecified atom stereocenters. The van der Waals surface area contributed by atoms with Crippen LogP contribution in [-0.2, 0) is 0 Å². The summed E-state index contributed by atoms with van der Waals surface area (Å²) in [4.78, 5) is 10.7. The number of nitroso groups, excluding NO2 is 1. The van der Waals surface area contributed by atoms with Gasteiger partial charge < -0.3 is 5.02 Å². The Balaban J connectivity index is 1.61. The van der Waals surface area contributed by atoms with E-state index < -0.39 is 7.05 Å². The summed E-state index contributed by atoms with van der Waals surface area (Å²) in [5.74, 6) is 0. The highest BCUT2D eigenvalue weighted by Gasteiger charge is 2.16. The van der Waals surface area contributed by atoms with E-state index >= 15 is 0 Å². The summed E-state index contributed by atoms with van der Waals surface area (Å²) in [6.07, 6.45) is 0. The van der Waals surface area contributed by atoms with Gasteiger partial charge in [-0.1, -0.05) is 47.6 Å². The molecular weight excluding hydrogens is 369 g/mol. The highest BCUT2D eigenvalue weighted by atomic mass is 16.3. The first-order valence-electron chi connectivity index (χ1n) is 9.92. The SMILES string of the molecule is O=NB(O)c1ccc2cc3cc4cc5cc6ccccc6cc5cc4cc3cc2c1. The van der Waals surface area contributed by atoms with E-state index in [9.17, 15) is 9.93 Å². The fourth-order valence-electron chi connectivity index (χ4n) is 4.44. The van der Waals surface area contributed by atoms with E-state index in [-0.39, 0.29) is 0 Å². The minimum Gasteiger partial charge on any atom is -0.425 e. The molecule has 30 heavy (non-hydrogen) atoms. The highest BCUT2D eigenvalue weighted by molar-refractivity contribution is 6.64. The Morgan fingerprint density at radius 3 is 1.30 bits per heavy atom. The van der Waals surface area contributed by atoms with Crippen LogP contribution < -0.4 is 5.46 Å². The summed E-state index contributed by atoms with van der Waals surface area (Å²) in [5.41, 5.74) is 0.510. The standard InChI is InChI=1S/C26H16BNO2/c29-27(28-30)26-6-5-18-9-21-12-22-10-19-7-16-3-1-2-4-17(16)8-20(19)11-23(22)13-24(21)14-25(18)15-26/h1-15,29H. The third-order valence-corrected chi connectivity index (χ3v) is 5.99. The Labute approximate surface area is 172 Å². The molecule has 0 fully saturated rings. The van der Waals surface area contributed by atoms with E-state index in [0.717, 1.165) is 21.5 Å². The van der Waals surface area contributed by atoms with Crippen molar-refractivity contribution in [3.05, 3.63) is 95.9 Å². The van der Waals surface area contributed by atoms with E-state index in [0.29, 0.717) is 5.46 Å². The summed E-state index contributed by atoms with van der Waals surface area (Å²) < 4.78 is 0. The molecule has 6 aromatic rings. The normalized spacial score (nSPS) is 11.6. The molecular formula is C26H16BNO2. The monoisotopic (exact) mass is 385 g/mol. The molecule has 140 valence electrons. The third kappa shape index (κ3) is 2.65. The van der Waals surface area contributed by atoms with Crippen LogP contribution in [-0.4, -0.2) is 12.1 Å². The zero-order valence-electron chi connectivity index (χ0n) is 16.0. The van der Waals surface area contributed by atoms with Crippen LogP contribution in [0.1, 0.15) is 0 Å². The van der Waals surface area contributed by atoms with Gasteiger partial charge in [-0.25, -0.2) is 0 Å². The first-order valence-corrected chi connectivity index (χ1v) is 9.92. The van der Waals surface area contributed by atoms with E-state index in [2.05, 4.69) is 77.9 Å². The van der Waals surface area contributed by atoms with Gasteiger partial charge in [0.05, 0.1) is 0 Å². The van der Waals surface area contributed by atoms with Crippen LogP contribution in [0.4, 0.5) is 0 Å². The number of benzene rings is 6. The van der Waals surface area contributed by atoms with Crippen molar-refractivity contribution in [2.24, 2.45) is 5.09 Å². The largest absolute Gasteiger partial charge is 0.517 e. The van der Waals surface area contributed by atoms with Gasteiger partial charge in [-0.05, 0) is 108 Å². The molecule has 0 amide bonds. The highest BCUT2D eigenvalue weighted by Crippen LogP contribution is 2.31. The molecule has 0 heterocycles. The number of nitrogens with zero attached hydrogens (tertiary/aromatic N) is 1. The molecule has 0 saturated heterocycles. The summed E-state index contributed by atoms with van der Waals surface area (Å²) in [7, 11) is -1.33. The van der Waals surface area contributed by atoms with Crippen LogP contribution in [0.15, 0.2) is 96.1 Å². The van der Waals surface area contributed by atoms with Crippen molar-refractivity contribution >= 4 is 66.4 Å². The van der Waals surface area contributed by atoms with Crippen LogP contribution in [0.2, 0.25) is 0 Å². The van der Waals surface area contributed by atoms with Gasteiger partial charge in [0.15, 0.2) is 0 Å². The van der Waals surface area contributed by atoms with Crippen molar-refractivity contribution < 1.29 is 5.02 Å². The van der Waals surface area contributed by atoms with Gasteiger partial charge in [0.2, 0.25) is 0 Å². The molecule has 0 bridgehead atoms. The van der Waals surface area contributed by atoms with E-state index in [4.69, 9.17) is 0 Å². The van der Waals surface area contributed by atoms with Crippen molar-refractivity contribution in [1.82, 2.24) is 0 Å². The number of rotatable bonds is 2. The van der Waals surface area contributed by atoms with Gasteiger partial charge in [-0.2, -0.15) is 4.91 Å². The lowest BCUT2D eigenvalue weighted by Crippen LogP contribution is -2.27. The fourth-order valence-corrected chi connectivity index (χ4v) is 4.44. The molecule has 0 atom stereocenters. The second-order valence-corrected chi connectivity index (χ2v) is 7.88. The Hall–Kier alpha value is -3.76. The summed E-state index contributed by atoms with van der Waals surface area (Å²) in [6, 6.07) is 31.6. The van der Waals surface area contributed by atoms with Crippen LogP contribution in [0.25, 0.3) is 53.9 Å². The smallest absolute Gasteiger partial charge is 0.425 e. The van der Waals surface area contributed by atoms with Gasteiger partial charge in [-0.15, -0.1) is 0 Å². The van der Waals surface area contributed by atoms with Crippen LogP contribution in [0, 0.1) is 4.91 Å². The second-order valence-electron chi connectivity index (χ2n) is 7.88. The lowest BCUT2D eigenvalue weighted by Gasteiger charge is -2.09. The van der Waals surface area contributed by atoms with Crippen molar-refractivity contribution in [1.29, 1.82) is 0 Å². The maximum absolute atomic E-state index is 10.7. The first kappa shape index (κ1) is 17.1. The van der Waals surface area contributed by atoms with Gasteiger partial charge in [0.1, 0.15) is 0 Å². The van der Waals surface area contributed by atoms with Gasteiger partial charge in [-0.3, -0.25) is 0 Å². The molecule has 0 radical (unpaired) electrons. The molecule has 0 spiro atoms. The number of fused-ring (bicyclic) bond motifs is 5. The van der Waals surface area contributed by atoms with Crippen LogP contribution >= 0.6 is 0 Å². The molecule has 6 rings (SSSR count). The minimum absolute atomic E-state index is 0.510. The summed E-state index contributed by atoms with van der Waals surface area (Å²) in [6.45, 7) is 0. The van der Waals surface area contributed by atoms with Crippen molar-refractivity contribution in [3.63, 3.8) is 0 Å². The molecule has 6 aromatic carbocycles. The quantitative estimate of drug-likeness (QED) is 0.229. The Kier molecular flexibility index (Phi) is 3.64. The molecule has 4 heteroatoms. The molecule has 1 N–H and O–H groups in total. The van der Waals surface area contributed by atoms with Crippen molar-refractivity contribution in [2.75, 3.05) is 0 Å². The maximum Gasteiger partial charge on any atom is 0.517 e. The fraction of sp³-hybridized carbons (Fsp3) is 0.